The number of hydrogen-bond acceptors (Lipinski definition) is 5. The van der Waals surface area contributed by atoms with E-state index in [4.69, 9.17) is 0 Å². The van der Waals surface area contributed by atoms with Gasteiger partial charge in [0.1, 0.15) is 0 Å². The molecule has 0 aromatic heterocycles. The number of esters is 1. The van der Waals surface area contributed by atoms with Crippen molar-refractivity contribution in [2.75, 3.05) is 13.7 Å². The van der Waals surface area contributed by atoms with Gasteiger partial charge in [0.15, 0.2) is 0 Å². The molecule has 0 N–H and O–H groups in total. The Morgan fingerprint density at radius 2 is 2.17 bits per heavy atom. The molecule has 0 spiro atoms. The van der Waals surface area contributed by atoms with Crippen molar-refractivity contribution in [1.82, 2.24) is 4.90 Å². The molecule has 0 bridgehead atoms. The monoisotopic (exact) mass is 384 g/mol. The number of nitrogens with zero attached hydrogens (tertiary/aromatic N) is 2. The lowest BCUT2D eigenvalue weighted by atomic mass is 9.98. The first-order valence-corrected chi connectivity index (χ1v) is 8.05. The van der Waals surface area contributed by atoms with Gasteiger partial charge in [-0.2, -0.15) is 0 Å². The molecule has 8 heteroatoms. The summed E-state index contributed by atoms with van der Waals surface area (Å²) in [4.78, 5) is 36.3. The van der Waals surface area contributed by atoms with Crippen molar-refractivity contribution in [2.24, 2.45) is 0 Å². The van der Waals surface area contributed by atoms with E-state index in [2.05, 4.69) is 20.7 Å². The first kappa shape index (κ1) is 17.4. The Morgan fingerprint density at radius 1 is 1.43 bits per heavy atom. The Kier molecular flexibility index (Phi) is 5.70. The second-order valence-electron chi connectivity index (χ2n) is 5.35. The summed E-state index contributed by atoms with van der Waals surface area (Å²) < 4.78 is 5.00. The minimum atomic E-state index is -0.539. The molecule has 0 saturated carbocycles. The highest BCUT2D eigenvalue weighted by molar-refractivity contribution is 9.10. The summed E-state index contributed by atoms with van der Waals surface area (Å²) >= 11 is 3.10. The van der Waals surface area contributed by atoms with Crippen molar-refractivity contribution >= 4 is 33.5 Å². The SMILES string of the molecule is COC(=O)CC1CCCCN1C(=O)c1ccc(Br)c([N+](=O)[O-])c1. The molecule has 1 saturated heterocycles. The fraction of sp³-hybridized carbons (Fsp3) is 0.467. The molecule has 7 nitrogen and oxygen atoms in total. The Hall–Kier alpha value is -1.96. The first-order valence-electron chi connectivity index (χ1n) is 7.25. The number of carbonyl (C=O) groups excluding carboxylic acids is 2. The lowest BCUT2D eigenvalue weighted by Crippen LogP contribution is -2.44. The summed E-state index contributed by atoms with van der Waals surface area (Å²) in [7, 11) is 1.31. The summed E-state index contributed by atoms with van der Waals surface area (Å²) in [6.45, 7) is 0.532. The number of carbonyl (C=O) groups is 2. The normalized spacial score (nSPS) is 17.7. The molecule has 1 unspecified atom stereocenters. The summed E-state index contributed by atoms with van der Waals surface area (Å²) in [5, 5.41) is 11.0. The van der Waals surface area contributed by atoms with Crippen LogP contribution in [0, 0.1) is 10.1 Å². The van der Waals surface area contributed by atoms with Crippen molar-refractivity contribution in [3.05, 3.63) is 38.3 Å². The van der Waals surface area contributed by atoms with Crippen LogP contribution in [0.4, 0.5) is 5.69 Å². The van der Waals surface area contributed by atoms with Gasteiger partial charge in [-0.15, -0.1) is 0 Å². The predicted octanol–water partition coefficient (Wildman–Crippen LogP) is 2.92. The summed E-state index contributed by atoms with van der Waals surface area (Å²) in [5.74, 6) is -0.661. The van der Waals surface area contributed by atoms with Gasteiger partial charge >= 0.3 is 5.97 Å². The van der Waals surface area contributed by atoms with Crippen LogP contribution in [0.25, 0.3) is 0 Å². The average molecular weight is 385 g/mol. The molecule has 1 atom stereocenters. The molecule has 1 aromatic rings. The number of piperidine rings is 1. The molecule has 2 rings (SSSR count). The number of likely N-dealkylation sites (tertiary alicyclic amines) is 1. The van der Waals surface area contributed by atoms with Gasteiger partial charge in [0.2, 0.25) is 0 Å². The number of halogens is 1. The highest BCUT2D eigenvalue weighted by Gasteiger charge is 2.30. The molecule has 0 radical (unpaired) electrons. The van der Waals surface area contributed by atoms with Crippen LogP contribution in [0.3, 0.4) is 0 Å². The topological polar surface area (TPSA) is 89.8 Å². The Labute approximate surface area is 141 Å². The van der Waals surface area contributed by atoms with E-state index >= 15 is 0 Å². The van der Waals surface area contributed by atoms with E-state index < -0.39 is 4.92 Å². The third kappa shape index (κ3) is 4.07. The van der Waals surface area contributed by atoms with Crippen LogP contribution in [0.15, 0.2) is 22.7 Å². The maximum absolute atomic E-state index is 12.7. The van der Waals surface area contributed by atoms with Gasteiger partial charge in [0.25, 0.3) is 11.6 Å². The van der Waals surface area contributed by atoms with Crippen LogP contribution in [0.2, 0.25) is 0 Å². The van der Waals surface area contributed by atoms with Gasteiger partial charge in [0, 0.05) is 24.2 Å². The number of nitro groups is 1. The van der Waals surface area contributed by atoms with Crippen molar-refractivity contribution in [1.29, 1.82) is 0 Å². The number of rotatable bonds is 4. The highest BCUT2D eigenvalue weighted by Crippen LogP contribution is 2.28. The van der Waals surface area contributed by atoms with E-state index in [1.807, 2.05) is 0 Å². The van der Waals surface area contributed by atoms with Crippen LogP contribution < -0.4 is 0 Å². The molecule has 1 aromatic carbocycles. The first-order chi connectivity index (χ1) is 10.9. The van der Waals surface area contributed by atoms with Crippen molar-refractivity contribution in [3.63, 3.8) is 0 Å². The van der Waals surface area contributed by atoms with Gasteiger partial charge in [-0.3, -0.25) is 19.7 Å². The molecule has 124 valence electrons. The van der Waals surface area contributed by atoms with Crippen molar-refractivity contribution < 1.29 is 19.2 Å². The van der Waals surface area contributed by atoms with Crippen LogP contribution in [0.1, 0.15) is 36.0 Å². The molecule has 23 heavy (non-hydrogen) atoms. The van der Waals surface area contributed by atoms with Crippen LogP contribution in [-0.2, 0) is 9.53 Å². The zero-order valence-electron chi connectivity index (χ0n) is 12.7. The lowest BCUT2D eigenvalue weighted by molar-refractivity contribution is -0.385. The van der Waals surface area contributed by atoms with E-state index in [0.29, 0.717) is 11.0 Å². The summed E-state index contributed by atoms with van der Waals surface area (Å²) in [5.41, 5.74) is 0.0917. The van der Waals surface area contributed by atoms with E-state index in [1.165, 1.54) is 19.2 Å². The number of hydrogen-bond donors (Lipinski definition) is 0. The maximum atomic E-state index is 12.7. The van der Waals surface area contributed by atoms with Crippen LogP contribution in [-0.4, -0.2) is 41.4 Å². The molecule has 1 aliphatic heterocycles. The molecule has 1 amide bonds. The summed E-state index contributed by atoms with van der Waals surface area (Å²) in [6.07, 6.45) is 2.65. The van der Waals surface area contributed by atoms with E-state index in [9.17, 15) is 19.7 Å². The lowest BCUT2D eigenvalue weighted by Gasteiger charge is -2.35. The number of nitro benzene ring substituents is 1. The zero-order chi connectivity index (χ0) is 17.0. The summed E-state index contributed by atoms with van der Waals surface area (Å²) in [6, 6.07) is 4.07. The molecule has 1 fully saturated rings. The van der Waals surface area contributed by atoms with E-state index in [1.54, 1.807) is 11.0 Å². The highest BCUT2D eigenvalue weighted by atomic mass is 79.9. The van der Waals surface area contributed by atoms with Crippen molar-refractivity contribution in [3.8, 4) is 0 Å². The third-order valence-electron chi connectivity index (χ3n) is 3.91. The molecular weight excluding hydrogens is 368 g/mol. The van der Waals surface area contributed by atoms with Gasteiger partial charge in [-0.1, -0.05) is 0 Å². The Morgan fingerprint density at radius 3 is 2.83 bits per heavy atom. The van der Waals surface area contributed by atoms with Crippen LogP contribution >= 0.6 is 15.9 Å². The largest absolute Gasteiger partial charge is 0.469 e. The molecule has 1 aliphatic rings. The number of ether oxygens (including phenoxy) is 1. The molecule has 0 aliphatic carbocycles. The second kappa shape index (κ2) is 7.54. The number of benzene rings is 1. The quantitative estimate of drug-likeness (QED) is 0.452. The predicted molar refractivity (Wildman–Crippen MR) is 86.1 cm³/mol. The molecule has 1 heterocycles. The minimum Gasteiger partial charge on any atom is -0.469 e. The zero-order valence-corrected chi connectivity index (χ0v) is 14.2. The van der Waals surface area contributed by atoms with Crippen molar-refractivity contribution in [2.45, 2.75) is 31.7 Å². The van der Waals surface area contributed by atoms with Gasteiger partial charge in [-0.25, -0.2) is 0 Å². The second-order valence-corrected chi connectivity index (χ2v) is 6.21. The van der Waals surface area contributed by atoms with E-state index in [-0.39, 0.29) is 35.6 Å². The average Bonchev–Trinajstić information content (AvgIpc) is 2.54. The number of amides is 1. The molecular formula is C15H17BrN2O5. The fourth-order valence-corrected chi connectivity index (χ4v) is 3.10. The van der Waals surface area contributed by atoms with Gasteiger partial charge in [-0.05, 0) is 47.3 Å². The van der Waals surface area contributed by atoms with Crippen LogP contribution in [0.5, 0.6) is 0 Å². The Balaban J connectivity index is 2.24. The standard InChI is InChI=1S/C15H17BrN2O5/c1-23-14(19)9-11-4-2-3-7-17(11)15(20)10-5-6-12(16)13(8-10)18(21)22/h5-6,8,11H,2-4,7,9H2,1H3. The maximum Gasteiger partial charge on any atom is 0.307 e. The minimum absolute atomic E-state index is 0.140. The number of methoxy groups -OCH3 is 1. The smallest absolute Gasteiger partial charge is 0.307 e. The van der Waals surface area contributed by atoms with E-state index in [0.717, 1.165) is 19.3 Å². The Bertz CT molecular complexity index is 634. The fourth-order valence-electron chi connectivity index (χ4n) is 2.71. The van der Waals surface area contributed by atoms with Gasteiger partial charge in [0.05, 0.1) is 22.9 Å². The van der Waals surface area contributed by atoms with Gasteiger partial charge < -0.3 is 9.64 Å². The third-order valence-corrected chi connectivity index (χ3v) is 4.58.